The number of rotatable bonds is 5. The number of carboxylic acid groups (broad SMARTS) is 1. The van der Waals surface area contributed by atoms with Crippen molar-refractivity contribution in [2.45, 2.75) is 32.6 Å². The number of carboxylic acids is 1. The lowest BCUT2D eigenvalue weighted by molar-refractivity contribution is -0.123. The highest BCUT2D eigenvalue weighted by molar-refractivity contribution is 6.33. The number of hydrogen-bond donors (Lipinski definition) is 2. The van der Waals surface area contributed by atoms with Gasteiger partial charge in [0.25, 0.3) is 0 Å². The lowest BCUT2D eigenvalue weighted by Crippen LogP contribution is -2.22. The van der Waals surface area contributed by atoms with E-state index >= 15 is 0 Å². The molecule has 0 aliphatic heterocycles. The van der Waals surface area contributed by atoms with E-state index in [9.17, 15) is 14.7 Å². The van der Waals surface area contributed by atoms with Crippen molar-refractivity contribution in [2.24, 2.45) is 22.4 Å². The minimum Gasteiger partial charge on any atom is -0.478 e. The molecule has 0 radical (unpaired) electrons. The average Bonchev–Trinajstić information content (AvgIpc) is 3.02. The maximum absolute atomic E-state index is 12.4. The summed E-state index contributed by atoms with van der Waals surface area (Å²) in [6.07, 6.45) is 6.09. The molecular formula is C21H21ClN2O4. The highest BCUT2D eigenvalue weighted by atomic mass is 35.5. The van der Waals surface area contributed by atoms with Gasteiger partial charge in [0.2, 0.25) is 5.91 Å². The first-order chi connectivity index (χ1) is 13.4. The molecule has 1 heterocycles. The first-order valence-electron chi connectivity index (χ1n) is 9.36. The lowest BCUT2D eigenvalue weighted by Gasteiger charge is -2.15. The summed E-state index contributed by atoms with van der Waals surface area (Å²) >= 11 is 5.89. The smallest absolute Gasteiger partial charge is 0.337 e. The zero-order chi connectivity index (χ0) is 19.9. The van der Waals surface area contributed by atoms with Crippen molar-refractivity contribution >= 4 is 29.7 Å². The van der Waals surface area contributed by atoms with Gasteiger partial charge < -0.3 is 9.52 Å². The molecule has 2 aromatic rings. The van der Waals surface area contributed by atoms with Crippen molar-refractivity contribution < 1.29 is 19.1 Å². The van der Waals surface area contributed by atoms with Gasteiger partial charge in [-0.1, -0.05) is 31.4 Å². The molecule has 1 aromatic heterocycles. The van der Waals surface area contributed by atoms with Crippen LogP contribution in [0.4, 0.5) is 0 Å². The van der Waals surface area contributed by atoms with Crippen LogP contribution in [-0.4, -0.2) is 23.2 Å². The second kappa shape index (κ2) is 7.09. The van der Waals surface area contributed by atoms with Gasteiger partial charge in [-0.15, -0.1) is 0 Å². The minimum atomic E-state index is -1.10. The summed E-state index contributed by atoms with van der Waals surface area (Å²) in [5, 5.41) is 13.4. The topological polar surface area (TPSA) is 91.9 Å². The quantitative estimate of drug-likeness (QED) is 0.567. The molecule has 2 aliphatic rings. The zero-order valence-corrected chi connectivity index (χ0v) is 16.2. The van der Waals surface area contributed by atoms with Crippen LogP contribution >= 0.6 is 11.6 Å². The molecule has 2 saturated carbocycles. The number of furan rings is 1. The van der Waals surface area contributed by atoms with Crippen LogP contribution in [0.3, 0.4) is 0 Å². The Balaban J connectivity index is 1.41. The van der Waals surface area contributed by atoms with E-state index in [1.807, 2.05) is 0 Å². The molecule has 1 aromatic carbocycles. The third-order valence-corrected chi connectivity index (χ3v) is 6.42. The molecular weight excluding hydrogens is 380 g/mol. The van der Waals surface area contributed by atoms with Gasteiger partial charge in [-0.2, -0.15) is 5.10 Å². The molecule has 3 unspecified atom stereocenters. The standard InChI is InChI=1S/C21H21ClN2O4/c1-21-9-3-2-4-15(21)18(21)19(25)24-23-11-13-6-8-17(28-13)12-5-7-16(22)14(10-12)20(26)27/h5-8,10-11,15,18H,2-4,9H2,1H3,(H,24,25)(H,26,27). The molecule has 28 heavy (non-hydrogen) atoms. The Morgan fingerprint density at radius 1 is 1.32 bits per heavy atom. The number of carbonyl (C=O) groups is 2. The van der Waals surface area contributed by atoms with Gasteiger partial charge >= 0.3 is 5.97 Å². The van der Waals surface area contributed by atoms with Gasteiger partial charge in [0.1, 0.15) is 11.5 Å². The van der Waals surface area contributed by atoms with Crippen LogP contribution in [-0.2, 0) is 4.79 Å². The maximum Gasteiger partial charge on any atom is 0.337 e. The van der Waals surface area contributed by atoms with Crippen LogP contribution in [0.2, 0.25) is 5.02 Å². The van der Waals surface area contributed by atoms with Crippen LogP contribution in [0.1, 0.15) is 48.7 Å². The second-order valence-electron chi connectivity index (χ2n) is 7.77. The fraction of sp³-hybridized carbons (Fsp3) is 0.381. The molecule has 0 saturated heterocycles. The lowest BCUT2D eigenvalue weighted by atomic mass is 9.90. The van der Waals surface area contributed by atoms with E-state index < -0.39 is 5.97 Å². The fourth-order valence-electron chi connectivity index (χ4n) is 4.50. The Morgan fingerprint density at radius 3 is 2.86 bits per heavy atom. The van der Waals surface area contributed by atoms with Crippen LogP contribution < -0.4 is 5.43 Å². The van der Waals surface area contributed by atoms with Gasteiger partial charge in [-0.3, -0.25) is 4.79 Å². The number of amides is 1. The number of benzene rings is 1. The van der Waals surface area contributed by atoms with Crippen LogP contribution in [0, 0.1) is 17.3 Å². The Morgan fingerprint density at radius 2 is 2.14 bits per heavy atom. The summed E-state index contributed by atoms with van der Waals surface area (Å²) in [7, 11) is 0. The SMILES string of the molecule is CC12CCCCC1C2C(=O)NN=Cc1ccc(-c2ccc(Cl)c(C(=O)O)c2)o1. The van der Waals surface area contributed by atoms with Crippen LogP contribution in [0.25, 0.3) is 11.3 Å². The Bertz CT molecular complexity index is 967. The summed E-state index contributed by atoms with van der Waals surface area (Å²) < 4.78 is 5.68. The number of hydrazone groups is 1. The van der Waals surface area contributed by atoms with E-state index in [1.54, 1.807) is 18.2 Å². The Hall–Kier alpha value is -2.60. The third kappa shape index (κ3) is 3.33. The molecule has 1 amide bonds. The molecule has 2 aliphatic carbocycles. The average molecular weight is 401 g/mol. The predicted octanol–water partition coefficient (Wildman–Crippen LogP) is 4.57. The van der Waals surface area contributed by atoms with E-state index in [-0.39, 0.29) is 27.8 Å². The first kappa shape index (κ1) is 18.7. The number of nitrogens with zero attached hydrogens (tertiary/aromatic N) is 1. The molecule has 7 heteroatoms. The van der Waals surface area contributed by atoms with Crippen molar-refractivity contribution in [3.63, 3.8) is 0 Å². The zero-order valence-electron chi connectivity index (χ0n) is 15.4. The number of carbonyl (C=O) groups excluding carboxylic acids is 1. The Kier molecular flexibility index (Phi) is 4.75. The summed E-state index contributed by atoms with van der Waals surface area (Å²) in [5.41, 5.74) is 3.38. The van der Waals surface area contributed by atoms with Gasteiger partial charge in [-0.05, 0) is 54.5 Å². The molecule has 4 rings (SSSR count). The van der Waals surface area contributed by atoms with E-state index in [0.717, 1.165) is 12.8 Å². The molecule has 146 valence electrons. The summed E-state index contributed by atoms with van der Waals surface area (Å²) in [6.45, 7) is 2.20. The van der Waals surface area contributed by atoms with Crippen molar-refractivity contribution in [1.29, 1.82) is 0 Å². The highest BCUT2D eigenvalue weighted by Crippen LogP contribution is 2.66. The van der Waals surface area contributed by atoms with Crippen molar-refractivity contribution in [2.75, 3.05) is 0 Å². The fourth-order valence-corrected chi connectivity index (χ4v) is 4.70. The maximum atomic E-state index is 12.4. The number of aromatic carboxylic acids is 1. The van der Waals surface area contributed by atoms with Crippen LogP contribution in [0.15, 0.2) is 39.9 Å². The number of nitrogens with one attached hydrogen (secondary N) is 1. The van der Waals surface area contributed by atoms with Gasteiger partial charge in [0.05, 0.1) is 16.8 Å². The third-order valence-electron chi connectivity index (χ3n) is 6.09. The normalized spacial score (nSPS) is 26.1. The number of halogens is 1. The van der Waals surface area contributed by atoms with Crippen molar-refractivity contribution in [3.05, 3.63) is 46.7 Å². The highest BCUT2D eigenvalue weighted by Gasteiger charge is 2.64. The molecule has 0 spiro atoms. The predicted molar refractivity (Wildman–Crippen MR) is 105 cm³/mol. The van der Waals surface area contributed by atoms with Crippen molar-refractivity contribution in [1.82, 2.24) is 5.43 Å². The van der Waals surface area contributed by atoms with Crippen molar-refractivity contribution in [3.8, 4) is 11.3 Å². The Labute approximate surface area is 167 Å². The second-order valence-corrected chi connectivity index (χ2v) is 8.18. The number of fused-ring (bicyclic) bond motifs is 1. The van der Waals surface area contributed by atoms with Crippen LogP contribution in [0.5, 0.6) is 0 Å². The largest absolute Gasteiger partial charge is 0.478 e. The van der Waals surface area contributed by atoms with E-state index in [4.69, 9.17) is 16.0 Å². The molecule has 6 nitrogen and oxygen atoms in total. The van der Waals surface area contributed by atoms with Gasteiger partial charge in [0.15, 0.2) is 0 Å². The van der Waals surface area contributed by atoms with E-state index in [1.165, 1.54) is 31.2 Å². The van der Waals surface area contributed by atoms with Gasteiger partial charge in [0, 0.05) is 11.5 Å². The molecule has 3 atom stereocenters. The minimum absolute atomic E-state index is 0.0115. The molecule has 0 bridgehead atoms. The molecule has 2 fully saturated rings. The van der Waals surface area contributed by atoms with E-state index in [0.29, 0.717) is 23.0 Å². The van der Waals surface area contributed by atoms with Gasteiger partial charge in [-0.25, -0.2) is 10.2 Å². The first-order valence-corrected chi connectivity index (χ1v) is 9.74. The number of hydrogen-bond acceptors (Lipinski definition) is 4. The monoisotopic (exact) mass is 400 g/mol. The summed E-state index contributed by atoms with van der Waals surface area (Å²) in [6, 6.07) is 8.09. The molecule has 2 N–H and O–H groups in total. The van der Waals surface area contributed by atoms with E-state index in [2.05, 4.69) is 17.5 Å². The summed E-state index contributed by atoms with van der Waals surface area (Å²) in [4.78, 5) is 23.6. The summed E-state index contributed by atoms with van der Waals surface area (Å²) in [5.74, 6) is 0.371.